The minimum absolute atomic E-state index is 0.0904. The monoisotopic (exact) mass is 546 g/mol. The zero-order chi connectivity index (χ0) is 28.8. The van der Waals surface area contributed by atoms with Gasteiger partial charge in [0.15, 0.2) is 5.65 Å². The van der Waals surface area contributed by atoms with Crippen LogP contribution in [0.1, 0.15) is 57.0 Å². The van der Waals surface area contributed by atoms with Crippen molar-refractivity contribution in [1.29, 1.82) is 0 Å². The topological polar surface area (TPSA) is 95.1 Å². The van der Waals surface area contributed by atoms with Crippen molar-refractivity contribution in [1.82, 2.24) is 14.2 Å². The number of hydrogen-bond donors (Lipinski definition) is 0. The maximum absolute atomic E-state index is 13.7. The van der Waals surface area contributed by atoms with E-state index in [1.807, 2.05) is 44.2 Å². The molecule has 0 spiro atoms. The largest absolute Gasteiger partial charge is 0.444 e. The first-order valence-corrected chi connectivity index (χ1v) is 13.0. The molecule has 0 fully saturated rings. The Labute approximate surface area is 230 Å². The molecule has 0 radical (unpaired) electrons. The lowest BCUT2D eigenvalue weighted by Gasteiger charge is -2.20. The third kappa shape index (κ3) is 5.21. The molecule has 0 unspecified atom stereocenters. The van der Waals surface area contributed by atoms with Crippen molar-refractivity contribution in [3.8, 4) is 0 Å². The van der Waals surface area contributed by atoms with Gasteiger partial charge in [0.2, 0.25) is 0 Å². The van der Waals surface area contributed by atoms with Gasteiger partial charge in [-0.05, 0) is 50.1 Å². The van der Waals surface area contributed by atoms with Gasteiger partial charge in [-0.15, -0.1) is 9.78 Å². The Morgan fingerprint density at radius 3 is 2.33 bits per heavy atom. The molecule has 9 nitrogen and oxygen atoms in total. The summed E-state index contributed by atoms with van der Waals surface area (Å²) >= 11 is 0. The number of carbonyl (C=O) groups is 2. The van der Waals surface area contributed by atoms with E-state index in [4.69, 9.17) is 9.47 Å². The van der Waals surface area contributed by atoms with Crippen LogP contribution in [0.4, 0.5) is 19.7 Å². The first kappa shape index (κ1) is 27.1. The van der Waals surface area contributed by atoms with E-state index in [2.05, 4.69) is 5.10 Å². The van der Waals surface area contributed by atoms with Crippen molar-refractivity contribution < 1.29 is 23.5 Å². The van der Waals surface area contributed by atoms with E-state index in [9.17, 15) is 18.8 Å². The molecule has 2 aromatic carbocycles. The molecule has 0 N–H and O–H groups in total. The van der Waals surface area contributed by atoms with E-state index in [-0.39, 0.29) is 31.0 Å². The summed E-state index contributed by atoms with van der Waals surface area (Å²) in [7, 11) is 0. The number of anilines is 1. The zero-order valence-electron chi connectivity index (χ0n) is 23.1. The molecule has 3 heterocycles. The van der Waals surface area contributed by atoms with Gasteiger partial charge in [0.1, 0.15) is 18.0 Å². The number of amides is 1. The van der Waals surface area contributed by atoms with Crippen LogP contribution in [0.5, 0.6) is 0 Å². The summed E-state index contributed by atoms with van der Waals surface area (Å²) in [6.07, 6.45) is -1.19. The molecule has 0 atom stereocenters. The standard InChI is InChI=1S/C30H31FN4O5/c1-29(2,3)40-28(38)35-26(36)34-24-23(16-21(25(34)32-35)15-19-11-13-22(31)14-12-19)33(18-30(24,4)5)27(37)39-17-20-9-7-6-8-10-20/h6-14,16H,15,17-18H2,1-5H3. The number of hydrogen-bond acceptors (Lipinski definition) is 6. The highest BCUT2D eigenvalue weighted by Crippen LogP contribution is 2.42. The number of halogens is 1. The second-order valence-corrected chi connectivity index (χ2v) is 11.6. The van der Waals surface area contributed by atoms with Crippen molar-refractivity contribution in [2.24, 2.45) is 0 Å². The Bertz CT molecular complexity index is 1650. The van der Waals surface area contributed by atoms with Gasteiger partial charge in [-0.25, -0.2) is 23.2 Å². The van der Waals surface area contributed by atoms with Crippen LogP contribution in [0.2, 0.25) is 0 Å². The lowest BCUT2D eigenvalue weighted by Crippen LogP contribution is -2.36. The normalized spacial score (nSPS) is 14.3. The van der Waals surface area contributed by atoms with Gasteiger partial charge >= 0.3 is 17.9 Å². The molecule has 0 saturated carbocycles. The van der Waals surface area contributed by atoms with Crippen molar-refractivity contribution in [3.05, 3.63) is 99.3 Å². The van der Waals surface area contributed by atoms with E-state index in [1.165, 1.54) is 21.4 Å². The Morgan fingerprint density at radius 2 is 1.68 bits per heavy atom. The van der Waals surface area contributed by atoms with Crippen molar-refractivity contribution in [2.45, 2.75) is 58.7 Å². The Morgan fingerprint density at radius 1 is 1.00 bits per heavy atom. The second kappa shape index (κ2) is 9.93. The molecule has 2 aromatic heterocycles. The number of ether oxygens (including phenoxy) is 2. The van der Waals surface area contributed by atoms with Crippen LogP contribution in [0, 0.1) is 5.82 Å². The van der Waals surface area contributed by atoms with Crippen molar-refractivity contribution in [3.63, 3.8) is 0 Å². The minimum Gasteiger partial charge on any atom is -0.444 e. The highest BCUT2D eigenvalue weighted by Gasteiger charge is 2.43. The van der Waals surface area contributed by atoms with Crippen LogP contribution in [0.15, 0.2) is 65.5 Å². The SMILES string of the molecule is CC(C)(C)OC(=O)n1nc2c(Cc3ccc(F)cc3)cc3c(n2c1=O)C(C)(C)CN3C(=O)OCc1ccccc1. The van der Waals surface area contributed by atoms with Gasteiger partial charge in [-0.1, -0.05) is 56.3 Å². The van der Waals surface area contributed by atoms with Gasteiger partial charge in [0.05, 0.1) is 11.4 Å². The molecule has 1 aliphatic heterocycles. The maximum atomic E-state index is 13.7. The van der Waals surface area contributed by atoms with Gasteiger partial charge in [0.25, 0.3) is 0 Å². The highest BCUT2D eigenvalue weighted by atomic mass is 19.1. The maximum Gasteiger partial charge on any atom is 0.439 e. The van der Waals surface area contributed by atoms with Crippen LogP contribution in [-0.2, 0) is 27.9 Å². The summed E-state index contributed by atoms with van der Waals surface area (Å²) in [5.74, 6) is -0.373. The summed E-state index contributed by atoms with van der Waals surface area (Å²) < 4.78 is 26.7. The van der Waals surface area contributed by atoms with E-state index in [1.54, 1.807) is 39.0 Å². The number of fused-ring (bicyclic) bond motifs is 3. The molecule has 0 saturated heterocycles. The fourth-order valence-electron chi connectivity index (χ4n) is 4.94. The molecule has 1 aliphatic rings. The van der Waals surface area contributed by atoms with Gasteiger partial charge < -0.3 is 9.47 Å². The molecular weight excluding hydrogens is 515 g/mol. The lowest BCUT2D eigenvalue weighted by atomic mass is 9.90. The number of pyridine rings is 1. The number of carbonyl (C=O) groups excluding carboxylic acids is 2. The fourth-order valence-corrected chi connectivity index (χ4v) is 4.94. The quantitative estimate of drug-likeness (QED) is 0.338. The molecule has 0 bridgehead atoms. The Kier molecular flexibility index (Phi) is 6.73. The number of benzene rings is 2. The average molecular weight is 547 g/mol. The number of rotatable bonds is 4. The first-order chi connectivity index (χ1) is 18.8. The van der Waals surface area contributed by atoms with E-state index < -0.39 is 28.9 Å². The highest BCUT2D eigenvalue weighted by molar-refractivity contribution is 5.92. The predicted octanol–water partition coefficient (Wildman–Crippen LogP) is 5.44. The molecule has 1 amide bonds. The summed E-state index contributed by atoms with van der Waals surface area (Å²) in [5.41, 5.74) is 1.22. The molecular formula is C30H31FN4O5. The predicted molar refractivity (Wildman–Crippen MR) is 147 cm³/mol. The molecule has 10 heteroatoms. The van der Waals surface area contributed by atoms with Gasteiger partial charge in [-0.2, -0.15) is 0 Å². The summed E-state index contributed by atoms with van der Waals surface area (Å²) in [6.45, 7) is 9.25. The van der Waals surface area contributed by atoms with E-state index in [0.717, 1.165) is 11.1 Å². The van der Waals surface area contributed by atoms with Crippen LogP contribution >= 0.6 is 0 Å². The van der Waals surface area contributed by atoms with Crippen LogP contribution in [0.3, 0.4) is 0 Å². The van der Waals surface area contributed by atoms with Crippen molar-refractivity contribution >= 4 is 23.5 Å². The minimum atomic E-state index is -0.905. The van der Waals surface area contributed by atoms with E-state index >= 15 is 0 Å². The van der Waals surface area contributed by atoms with Crippen molar-refractivity contribution in [2.75, 3.05) is 11.4 Å². The third-order valence-corrected chi connectivity index (χ3v) is 6.63. The molecule has 5 rings (SSSR count). The lowest BCUT2D eigenvalue weighted by molar-refractivity contribution is 0.0508. The summed E-state index contributed by atoms with van der Waals surface area (Å²) in [4.78, 5) is 41.5. The van der Waals surface area contributed by atoms with Crippen LogP contribution in [0.25, 0.3) is 5.65 Å². The van der Waals surface area contributed by atoms with Crippen LogP contribution in [-0.4, -0.2) is 38.5 Å². The third-order valence-electron chi connectivity index (χ3n) is 6.63. The average Bonchev–Trinajstić information content (AvgIpc) is 3.37. The molecule has 0 aliphatic carbocycles. The van der Waals surface area contributed by atoms with E-state index in [0.29, 0.717) is 21.6 Å². The number of nitrogens with zero attached hydrogens (tertiary/aromatic N) is 4. The summed E-state index contributed by atoms with van der Waals surface area (Å²) in [5, 5.41) is 4.38. The smallest absolute Gasteiger partial charge is 0.439 e. The fraction of sp³-hybridized carbons (Fsp3) is 0.333. The first-order valence-electron chi connectivity index (χ1n) is 13.0. The van der Waals surface area contributed by atoms with Gasteiger partial charge in [0, 0.05) is 23.9 Å². The molecule has 4 aromatic rings. The Hall–Kier alpha value is -4.47. The second-order valence-electron chi connectivity index (χ2n) is 11.6. The summed E-state index contributed by atoms with van der Waals surface area (Å²) in [6, 6.07) is 17.1. The molecule has 208 valence electrons. The van der Waals surface area contributed by atoms with Crippen LogP contribution < -0.4 is 10.6 Å². The number of aromatic nitrogens is 3. The molecule has 40 heavy (non-hydrogen) atoms. The zero-order valence-corrected chi connectivity index (χ0v) is 23.1. The Balaban J connectivity index is 1.64. The van der Waals surface area contributed by atoms with Gasteiger partial charge in [-0.3, -0.25) is 4.90 Å².